The van der Waals surface area contributed by atoms with Gasteiger partial charge in [-0.15, -0.1) is 0 Å². The number of benzene rings is 3. The normalized spacial score (nSPS) is 13.2. The van der Waals surface area contributed by atoms with Crippen molar-refractivity contribution in [3.05, 3.63) is 93.6 Å². The molecular weight excluding hydrogens is 497 g/mol. The van der Waals surface area contributed by atoms with Crippen LogP contribution in [0.25, 0.3) is 16.9 Å². The Balaban J connectivity index is 1.46. The summed E-state index contributed by atoms with van der Waals surface area (Å²) in [5.74, 6) is 1.97. The highest BCUT2D eigenvalue weighted by Gasteiger charge is 2.22. The van der Waals surface area contributed by atoms with E-state index in [4.69, 9.17) is 9.84 Å². The molecule has 1 N–H and O–H groups in total. The number of aromatic nitrogens is 2. The topological polar surface area (TPSA) is 39.1 Å². The SMILES string of the molecule is Ic1ccccc1-c1nn(-c2ccc(OCc3ccccc3)cc2)c2c1CCCCN2. The molecule has 0 fully saturated rings. The number of anilines is 1. The Labute approximate surface area is 196 Å². The summed E-state index contributed by atoms with van der Waals surface area (Å²) in [6, 6.07) is 26.9. The van der Waals surface area contributed by atoms with E-state index in [0.717, 1.165) is 41.5 Å². The minimum Gasteiger partial charge on any atom is -0.489 e. The van der Waals surface area contributed by atoms with Crippen molar-refractivity contribution < 1.29 is 4.74 Å². The zero-order chi connectivity index (χ0) is 21.0. The Morgan fingerprint density at radius 3 is 2.48 bits per heavy atom. The van der Waals surface area contributed by atoms with Crippen LogP contribution in [0.5, 0.6) is 5.75 Å². The van der Waals surface area contributed by atoms with Gasteiger partial charge < -0.3 is 10.1 Å². The fourth-order valence-electron chi connectivity index (χ4n) is 3.98. The maximum atomic E-state index is 5.96. The molecule has 31 heavy (non-hydrogen) atoms. The third-order valence-electron chi connectivity index (χ3n) is 5.59. The highest BCUT2D eigenvalue weighted by molar-refractivity contribution is 14.1. The maximum absolute atomic E-state index is 5.96. The largest absolute Gasteiger partial charge is 0.489 e. The van der Waals surface area contributed by atoms with E-state index >= 15 is 0 Å². The first-order valence-corrected chi connectivity index (χ1v) is 11.8. The molecule has 0 aliphatic carbocycles. The zero-order valence-electron chi connectivity index (χ0n) is 17.2. The first-order chi connectivity index (χ1) is 15.3. The van der Waals surface area contributed by atoms with Crippen molar-refractivity contribution in [3.8, 4) is 22.7 Å². The molecule has 1 aliphatic rings. The average Bonchev–Trinajstić information content (AvgIpc) is 2.99. The summed E-state index contributed by atoms with van der Waals surface area (Å²) in [7, 11) is 0. The highest BCUT2D eigenvalue weighted by atomic mass is 127. The van der Waals surface area contributed by atoms with Gasteiger partial charge in [0.05, 0.1) is 11.4 Å². The molecule has 3 aromatic carbocycles. The minimum atomic E-state index is 0.565. The zero-order valence-corrected chi connectivity index (χ0v) is 19.4. The van der Waals surface area contributed by atoms with Crippen LogP contribution in [-0.2, 0) is 13.0 Å². The van der Waals surface area contributed by atoms with Gasteiger partial charge in [-0.2, -0.15) is 5.10 Å². The molecule has 1 aliphatic heterocycles. The Morgan fingerprint density at radius 2 is 1.68 bits per heavy atom. The van der Waals surface area contributed by atoms with Gasteiger partial charge in [0.15, 0.2) is 0 Å². The quantitative estimate of drug-likeness (QED) is 0.306. The summed E-state index contributed by atoms with van der Waals surface area (Å²) >= 11 is 2.40. The monoisotopic (exact) mass is 521 g/mol. The van der Waals surface area contributed by atoms with Gasteiger partial charge in [0.2, 0.25) is 0 Å². The Morgan fingerprint density at radius 1 is 0.903 bits per heavy atom. The van der Waals surface area contributed by atoms with Gasteiger partial charge in [-0.25, -0.2) is 4.68 Å². The van der Waals surface area contributed by atoms with Gasteiger partial charge >= 0.3 is 0 Å². The molecule has 0 radical (unpaired) electrons. The van der Waals surface area contributed by atoms with Crippen LogP contribution >= 0.6 is 22.6 Å². The number of hydrogen-bond acceptors (Lipinski definition) is 3. The summed E-state index contributed by atoms with van der Waals surface area (Å²) in [6.07, 6.45) is 3.39. The van der Waals surface area contributed by atoms with E-state index in [1.807, 2.05) is 30.3 Å². The summed E-state index contributed by atoms with van der Waals surface area (Å²) in [4.78, 5) is 0. The lowest BCUT2D eigenvalue weighted by molar-refractivity contribution is 0.306. The third-order valence-corrected chi connectivity index (χ3v) is 6.53. The van der Waals surface area contributed by atoms with E-state index in [9.17, 15) is 0 Å². The number of rotatable bonds is 5. The second-order valence-corrected chi connectivity index (χ2v) is 8.88. The highest BCUT2D eigenvalue weighted by Crippen LogP contribution is 2.36. The van der Waals surface area contributed by atoms with Crippen molar-refractivity contribution in [2.45, 2.75) is 25.9 Å². The van der Waals surface area contributed by atoms with Crippen LogP contribution in [0.15, 0.2) is 78.9 Å². The molecule has 0 saturated carbocycles. The smallest absolute Gasteiger partial charge is 0.133 e. The summed E-state index contributed by atoms with van der Waals surface area (Å²) in [6.45, 7) is 1.54. The van der Waals surface area contributed by atoms with E-state index in [1.165, 1.54) is 27.5 Å². The van der Waals surface area contributed by atoms with E-state index in [-0.39, 0.29) is 0 Å². The van der Waals surface area contributed by atoms with E-state index < -0.39 is 0 Å². The van der Waals surface area contributed by atoms with E-state index in [1.54, 1.807) is 0 Å². The van der Waals surface area contributed by atoms with Crippen molar-refractivity contribution in [2.24, 2.45) is 0 Å². The molecule has 2 heterocycles. The fourth-order valence-corrected chi connectivity index (χ4v) is 4.63. The predicted molar refractivity (Wildman–Crippen MR) is 134 cm³/mol. The molecular formula is C26H24IN3O. The van der Waals surface area contributed by atoms with Crippen molar-refractivity contribution >= 4 is 28.4 Å². The molecule has 1 aromatic heterocycles. The third kappa shape index (κ3) is 4.32. The molecule has 0 amide bonds. The second-order valence-electron chi connectivity index (χ2n) is 7.72. The molecule has 5 rings (SSSR count). The molecule has 0 saturated heterocycles. The Kier molecular flexibility index (Phi) is 5.93. The number of nitrogens with zero attached hydrogens (tertiary/aromatic N) is 2. The van der Waals surface area contributed by atoms with Crippen LogP contribution in [0.2, 0.25) is 0 Å². The number of hydrogen-bond donors (Lipinski definition) is 1. The molecule has 4 nitrogen and oxygen atoms in total. The molecule has 0 unspecified atom stereocenters. The first kappa shape index (κ1) is 20.1. The van der Waals surface area contributed by atoms with Crippen LogP contribution in [0, 0.1) is 3.57 Å². The van der Waals surface area contributed by atoms with E-state index in [0.29, 0.717) is 6.61 Å². The van der Waals surface area contributed by atoms with Crippen molar-refractivity contribution in [1.82, 2.24) is 9.78 Å². The van der Waals surface area contributed by atoms with E-state index in [2.05, 4.69) is 81.1 Å². The number of ether oxygens (including phenoxy) is 1. The average molecular weight is 521 g/mol. The molecule has 0 bridgehead atoms. The number of fused-ring (bicyclic) bond motifs is 1. The van der Waals surface area contributed by atoms with Crippen molar-refractivity contribution in [1.29, 1.82) is 0 Å². The molecule has 4 aromatic rings. The number of nitrogens with one attached hydrogen (secondary N) is 1. The minimum absolute atomic E-state index is 0.565. The van der Waals surface area contributed by atoms with Crippen LogP contribution in [0.3, 0.4) is 0 Å². The van der Waals surface area contributed by atoms with Gasteiger partial charge in [0, 0.05) is 21.2 Å². The lowest BCUT2D eigenvalue weighted by Crippen LogP contribution is -2.07. The molecule has 156 valence electrons. The summed E-state index contributed by atoms with van der Waals surface area (Å²) < 4.78 is 9.24. The van der Waals surface area contributed by atoms with Crippen molar-refractivity contribution in [3.63, 3.8) is 0 Å². The first-order valence-electron chi connectivity index (χ1n) is 10.7. The number of halogens is 1. The van der Waals surface area contributed by atoms with Crippen LogP contribution in [0.1, 0.15) is 24.0 Å². The van der Waals surface area contributed by atoms with Gasteiger partial charge in [-0.1, -0.05) is 48.5 Å². The van der Waals surface area contributed by atoms with Crippen LogP contribution in [-0.4, -0.2) is 16.3 Å². The van der Waals surface area contributed by atoms with Crippen molar-refractivity contribution in [2.75, 3.05) is 11.9 Å². The molecule has 0 atom stereocenters. The van der Waals surface area contributed by atoms with Gasteiger partial charge in [0.1, 0.15) is 18.2 Å². The summed E-state index contributed by atoms with van der Waals surface area (Å²) in [5.41, 5.74) is 5.79. The molecule has 5 heteroatoms. The van der Waals surface area contributed by atoms with Gasteiger partial charge in [-0.3, -0.25) is 0 Å². The Bertz CT molecular complexity index is 1170. The fraction of sp³-hybridized carbons (Fsp3) is 0.192. The predicted octanol–water partition coefficient (Wildman–Crippen LogP) is 6.47. The summed E-state index contributed by atoms with van der Waals surface area (Å²) in [5, 5.41) is 8.70. The maximum Gasteiger partial charge on any atom is 0.133 e. The lowest BCUT2D eigenvalue weighted by atomic mass is 10.0. The molecule has 0 spiro atoms. The van der Waals surface area contributed by atoms with Gasteiger partial charge in [0.25, 0.3) is 0 Å². The lowest BCUT2D eigenvalue weighted by Gasteiger charge is -2.11. The Hall–Kier alpha value is -2.80. The standard InChI is InChI=1S/C26H24IN3O/c27-24-12-5-4-10-22(24)25-23-11-6-7-17-28-26(23)30(29-25)20-13-15-21(16-14-20)31-18-19-8-2-1-3-9-19/h1-5,8-10,12-16,28H,6-7,11,17-18H2. The second kappa shape index (κ2) is 9.14. The van der Waals surface area contributed by atoms with Crippen LogP contribution in [0.4, 0.5) is 5.82 Å². The van der Waals surface area contributed by atoms with Crippen LogP contribution < -0.4 is 10.1 Å². The van der Waals surface area contributed by atoms with Gasteiger partial charge in [-0.05, 0) is 77.7 Å².